The average Bonchev–Trinajstić information content (AvgIpc) is 3.29. The molecule has 1 aliphatic rings. The number of para-hydroxylation sites is 5. The van der Waals surface area contributed by atoms with Gasteiger partial charge >= 0.3 is 0 Å². The van der Waals surface area contributed by atoms with Crippen molar-refractivity contribution in [1.82, 2.24) is 0 Å². The summed E-state index contributed by atoms with van der Waals surface area (Å²) in [6, 6.07) is 34.1. The standard InChI is InChI=1S/C13H10N2O2.C12H11N3/c16-15(17)13-9-5-4-8-12(13)14-10-11-6-2-1-3-7-11;1-2-6-10(7-3-1)15-13-11-8-4-5-9-12(11)14-15/h1-10H;1-9,13-14H. The van der Waals surface area contributed by atoms with Crippen molar-refractivity contribution < 1.29 is 4.92 Å². The molecule has 0 aromatic heterocycles. The number of nitro benzene ring substituents is 1. The molecule has 0 unspecified atom stereocenters. The molecule has 4 aromatic carbocycles. The number of hydrogen-bond donors (Lipinski definition) is 2. The van der Waals surface area contributed by atoms with Crippen LogP contribution in [0.3, 0.4) is 0 Å². The number of rotatable bonds is 4. The summed E-state index contributed by atoms with van der Waals surface area (Å²) in [6.07, 6.45) is 1.61. The largest absolute Gasteiger partial charge is 0.294 e. The number of anilines is 3. The fourth-order valence-corrected chi connectivity index (χ4v) is 3.06. The van der Waals surface area contributed by atoms with E-state index in [1.807, 2.05) is 90.0 Å². The van der Waals surface area contributed by atoms with Gasteiger partial charge in [-0.05, 0) is 35.9 Å². The topological polar surface area (TPSA) is 82.8 Å². The van der Waals surface area contributed by atoms with E-state index in [0.717, 1.165) is 22.6 Å². The monoisotopic (exact) mass is 423 g/mol. The van der Waals surface area contributed by atoms with Crippen LogP contribution in [0.15, 0.2) is 114 Å². The minimum absolute atomic E-state index is 0.0136. The van der Waals surface area contributed by atoms with Crippen LogP contribution in [-0.4, -0.2) is 11.1 Å². The smallest absolute Gasteiger partial charge is 0.277 e. The van der Waals surface area contributed by atoms with Crippen LogP contribution >= 0.6 is 0 Å². The second-order valence-corrected chi connectivity index (χ2v) is 6.85. The van der Waals surface area contributed by atoms with Crippen molar-refractivity contribution in [3.8, 4) is 0 Å². The Morgan fingerprint density at radius 1 is 0.719 bits per heavy atom. The Bertz CT molecular complexity index is 1190. The van der Waals surface area contributed by atoms with Crippen LogP contribution in [0.1, 0.15) is 5.56 Å². The van der Waals surface area contributed by atoms with Crippen molar-refractivity contribution in [2.45, 2.75) is 0 Å². The maximum Gasteiger partial charge on any atom is 0.294 e. The normalized spacial score (nSPS) is 11.7. The molecule has 0 fully saturated rings. The molecule has 5 rings (SSSR count). The van der Waals surface area contributed by atoms with Crippen LogP contribution in [-0.2, 0) is 0 Å². The van der Waals surface area contributed by atoms with Gasteiger partial charge in [-0.25, -0.2) is 4.99 Å². The first-order chi connectivity index (χ1) is 15.7. The molecule has 0 saturated heterocycles. The van der Waals surface area contributed by atoms with E-state index in [2.05, 4.69) is 15.8 Å². The molecule has 0 aliphatic carbocycles. The van der Waals surface area contributed by atoms with Gasteiger partial charge in [0.05, 0.1) is 22.0 Å². The molecular weight excluding hydrogens is 402 g/mol. The van der Waals surface area contributed by atoms with E-state index in [1.165, 1.54) is 6.07 Å². The van der Waals surface area contributed by atoms with Gasteiger partial charge in [0.25, 0.3) is 5.69 Å². The number of fused-ring (bicyclic) bond motifs is 1. The van der Waals surface area contributed by atoms with Gasteiger partial charge in [-0.15, -0.1) is 0 Å². The molecule has 2 N–H and O–H groups in total. The highest BCUT2D eigenvalue weighted by Gasteiger charge is 2.16. The molecule has 7 nitrogen and oxygen atoms in total. The molecule has 1 heterocycles. The van der Waals surface area contributed by atoms with E-state index in [1.54, 1.807) is 24.4 Å². The number of hydrazine groups is 2. The number of nitrogens with zero attached hydrogens (tertiary/aromatic N) is 3. The molecule has 0 saturated carbocycles. The van der Waals surface area contributed by atoms with Gasteiger partial charge in [0, 0.05) is 12.3 Å². The summed E-state index contributed by atoms with van der Waals surface area (Å²) in [4.78, 5) is 14.5. The number of aliphatic imine (C=N–C) groups is 1. The molecule has 4 aromatic rings. The summed E-state index contributed by atoms with van der Waals surface area (Å²) in [5.41, 5.74) is 11.1. The Hall–Kier alpha value is -4.65. The van der Waals surface area contributed by atoms with Crippen LogP contribution in [0.2, 0.25) is 0 Å². The van der Waals surface area contributed by atoms with E-state index < -0.39 is 4.92 Å². The van der Waals surface area contributed by atoms with Crippen LogP contribution in [0.25, 0.3) is 0 Å². The Morgan fingerprint density at radius 3 is 1.88 bits per heavy atom. The molecular formula is C25H21N5O2. The van der Waals surface area contributed by atoms with Crippen molar-refractivity contribution in [2.24, 2.45) is 4.99 Å². The molecule has 0 radical (unpaired) electrons. The van der Waals surface area contributed by atoms with E-state index in [0.29, 0.717) is 5.69 Å². The maximum absolute atomic E-state index is 10.8. The van der Waals surface area contributed by atoms with Crippen LogP contribution in [0.4, 0.5) is 28.4 Å². The van der Waals surface area contributed by atoms with Crippen molar-refractivity contribution in [1.29, 1.82) is 0 Å². The molecule has 7 heteroatoms. The number of nitro groups is 1. The van der Waals surface area contributed by atoms with Crippen LogP contribution < -0.4 is 16.0 Å². The summed E-state index contributed by atoms with van der Waals surface area (Å²) >= 11 is 0. The molecule has 32 heavy (non-hydrogen) atoms. The Labute approximate surface area is 185 Å². The third-order valence-electron chi connectivity index (χ3n) is 4.64. The third kappa shape index (κ3) is 5.09. The summed E-state index contributed by atoms with van der Waals surface area (Å²) in [7, 11) is 0. The van der Waals surface area contributed by atoms with Gasteiger partial charge in [-0.2, -0.15) is 5.12 Å². The van der Waals surface area contributed by atoms with Crippen molar-refractivity contribution >= 4 is 34.7 Å². The van der Waals surface area contributed by atoms with Crippen LogP contribution in [0.5, 0.6) is 0 Å². The second-order valence-electron chi connectivity index (χ2n) is 6.85. The van der Waals surface area contributed by atoms with Crippen molar-refractivity contribution in [2.75, 3.05) is 16.0 Å². The molecule has 0 atom stereocenters. The first-order valence-corrected chi connectivity index (χ1v) is 10.0. The van der Waals surface area contributed by atoms with Gasteiger partial charge in [0.1, 0.15) is 5.69 Å². The highest BCUT2D eigenvalue weighted by Crippen LogP contribution is 2.30. The first kappa shape index (κ1) is 20.6. The highest BCUT2D eigenvalue weighted by atomic mass is 16.6. The molecule has 0 spiro atoms. The number of benzene rings is 4. The average molecular weight is 423 g/mol. The Morgan fingerprint density at radius 2 is 1.25 bits per heavy atom. The van der Waals surface area contributed by atoms with Gasteiger partial charge in [0.15, 0.2) is 0 Å². The van der Waals surface area contributed by atoms with Crippen LogP contribution in [0, 0.1) is 10.1 Å². The lowest BCUT2D eigenvalue weighted by Crippen LogP contribution is -2.29. The van der Waals surface area contributed by atoms with Gasteiger partial charge in [0.2, 0.25) is 0 Å². The zero-order chi connectivity index (χ0) is 22.2. The Balaban J connectivity index is 0.000000154. The third-order valence-corrected chi connectivity index (χ3v) is 4.64. The predicted molar refractivity (Wildman–Crippen MR) is 129 cm³/mol. The minimum atomic E-state index is -0.433. The molecule has 0 bridgehead atoms. The molecule has 158 valence electrons. The van der Waals surface area contributed by atoms with E-state index in [-0.39, 0.29) is 5.69 Å². The summed E-state index contributed by atoms with van der Waals surface area (Å²) in [5.74, 6) is 0. The fraction of sp³-hybridized carbons (Fsp3) is 0. The zero-order valence-electron chi connectivity index (χ0n) is 17.1. The van der Waals surface area contributed by atoms with Crippen molar-refractivity contribution in [3.05, 3.63) is 125 Å². The fourth-order valence-electron chi connectivity index (χ4n) is 3.06. The highest BCUT2D eigenvalue weighted by molar-refractivity contribution is 5.83. The van der Waals surface area contributed by atoms with E-state index >= 15 is 0 Å². The maximum atomic E-state index is 10.8. The lowest BCUT2D eigenvalue weighted by atomic mass is 10.2. The lowest BCUT2D eigenvalue weighted by Gasteiger charge is -2.18. The lowest BCUT2D eigenvalue weighted by molar-refractivity contribution is -0.384. The SMILES string of the molecule is O=[N+]([O-])c1ccccc1N=Cc1ccccc1.c1ccc(N2Nc3ccccc3N2)cc1. The quantitative estimate of drug-likeness (QED) is 0.232. The molecule has 0 amide bonds. The number of hydrogen-bond acceptors (Lipinski definition) is 6. The van der Waals surface area contributed by atoms with Crippen molar-refractivity contribution in [3.63, 3.8) is 0 Å². The Kier molecular flexibility index (Phi) is 6.38. The van der Waals surface area contributed by atoms with Gasteiger partial charge in [-0.1, -0.05) is 72.8 Å². The summed E-state index contributed by atoms with van der Waals surface area (Å²) in [5, 5.41) is 12.7. The van der Waals surface area contributed by atoms with Gasteiger partial charge in [-0.3, -0.25) is 21.0 Å². The molecule has 1 aliphatic heterocycles. The predicted octanol–water partition coefficient (Wildman–Crippen LogP) is 6.21. The minimum Gasteiger partial charge on any atom is -0.277 e. The summed E-state index contributed by atoms with van der Waals surface area (Å²) < 4.78 is 0. The van der Waals surface area contributed by atoms with Gasteiger partial charge < -0.3 is 0 Å². The van der Waals surface area contributed by atoms with E-state index in [4.69, 9.17) is 0 Å². The van der Waals surface area contributed by atoms with E-state index in [9.17, 15) is 10.1 Å². The number of nitrogens with one attached hydrogen (secondary N) is 2. The first-order valence-electron chi connectivity index (χ1n) is 10.0. The zero-order valence-corrected chi connectivity index (χ0v) is 17.1. The summed E-state index contributed by atoms with van der Waals surface area (Å²) in [6.45, 7) is 0. The second kappa shape index (κ2) is 9.90.